The van der Waals surface area contributed by atoms with E-state index in [1.165, 1.54) is 11.3 Å². The summed E-state index contributed by atoms with van der Waals surface area (Å²) >= 11 is 4.74. The van der Waals surface area contributed by atoms with E-state index in [9.17, 15) is 10.1 Å². The summed E-state index contributed by atoms with van der Waals surface area (Å²) in [4.78, 5) is 16.3. The Labute approximate surface area is 117 Å². The van der Waals surface area contributed by atoms with Crippen LogP contribution in [-0.2, 0) is 0 Å². The van der Waals surface area contributed by atoms with Crippen LogP contribution in [0.4, 0.5) is 0 Å². The zero-order valence-electron chi connectivity index (χ0n) is 9.55. The molecule has 1 aromatic carbocycles. The molecule has 18 heavy (non-hydrogen) atoms. The van der Waals surface area contributed by atoms with Crippen LogP contribution < -0.4 is 0 Å². The Hall–Kier alpha value is -1.51. The summed E-state index contributed by atoms with van der Waals surface area (Å²) in [5.74, 6) is -1.05. The Morgan fingerprint density at radius 1 is 1.56 bits per heavy atom. The first kappa shape index (κ1) is 12.9. The molecule has 0 saturated carbocycles. The van der Waals surface area contributed by atoms with E-state index < -0.39 is 5.92 Å². The van der Waals surface area contributed by atoms with Gasteiger partial charge in [-0.15, -0.1) is 11.3 Å². The van der Waals surface area contributed by atoms with E-state index in [2.05, 4.69) is 20.9 Å². The summed E-state index contributed by atoms with van der Waals surface area (Å²) in [7, 11) is 0. The van der Waals surface area contributed by atoms with Crippen molar-refractivity contribution >= 4 is 33.0 Å². The van der Waals surface area contributed by atoms with Crippen LogP contribution in [0, 0.1) is 18.3 Å². The average molecular weight is 321 g/mol. The molecule has 0 spiro atoms. The highest BCUT2D eigenvalue weighted by Crippen LogP contribution is 2.24. The molecular weight excluding hydrogens is 312 g/mol. The summed E-state index contributed by atoms with van der Waals surface area (Å²) in [6.07, 6.45) is 0. The molecule has 0 saturated heterocycles. The molecule has 5 heteroatoms. The molecule has 3 nitrogen and oxygen atoms in total. The van der Waals surface area contributed by atoms with Crippen LogP contribution in [0.25, 0.3) is 0 Å². The number of carbonyl (C=O) groups is 1. The first-order valence-electron chi connectivity index (χ1n) is 5.23. The monoisotopic (exact) mass is 320 g/mol. The zero-order valence-corrected chi connectivity index (χ0v) is 12.0. The molecule has 0 aliphatic heterocycles. The number of Topliss-reactive ketones (excluding diaryl/α,β-unsaturated/α-hetero) is 1. The van der Waals surface area contributed by atoms with Crippen LogP contribution in [0.3, 0.4) is 0 Å². The highest BCUT2D eigenvalue weighted by atomic mass is 79.9. The van der Waals surface area contributed by atoms with Gasteiger partial charge in [0.15, 0.2) is 0 Å². The highest BCUT2D eigenvalue weighted by molar-refractivity contribution is 9.10. The van der Waals surface area contributed by atoms with Crippen molar-refractivity contribution in [1.82, 2.24) is 4.98 Å². The number of rotatable bonds is 3. The maximum atomic E-state index is 12.2. The number of hydrogen-bond acceptors (Lipinski definition) is 4. The van der Waals surface area contributed by atoms with Gasteiger partial charge in [-0.2, -0.15) is 5.26 Å². The van der Waals surface area contributed by atoms with Gasteiger partial charge in [-0.05, 0) is 24.6 Å². The van der Waals surface area contributed by atoms with Gasteiger partial charge in [0.2, 0.25) is 5.78 Å². The minimum Gasteiger partial charge on any atom is -0.291 e. The molecule has 1 unspecified atom stereocenters. The number of halogens is 1. The Bertz CT molecular complexity index is 630. The molecule has 2 rings (SSSR count). The lowest BCUT2D eigenvalue weighted by molar-refractivity contribution is 0.0974. The Balaban J connectivity index is 2.35. The summed E-state index contributed by atoms with van der Waals surface area (Å²) < 4.78 is 0.850. The minimum atomic E-state index is -0.802. The second kappa shape index (κ2) is 5.42. The smallest absolute Gasteiger partial charge is 0.203 e. The number of ketones is 1. The van der Waals surface area contributed by atoms with Gasteiger partial charge in [0.05, 0.1) is 11.1 Å². The van der Waals surface area contributed by atoms with Gasteiger partial charge in [-0.3, -0.25) is 4.79 Å². The first-order chi connectivity index (χ1) is 8.61. The van der Waals surface area contributed by atoms with Crippen molar-refractivity contribution in [2.45, 2.75) is 12.8 Å². The number of nitrogens with zero attached hydrogens (tertiary/aromatic N) is 2. The number of aryl methyl sites for hydroxylation is 1. The first-order valence-corrected chi connectivity index (χ1v) is 6.90. The number of nitriles is 1. The fourth-order valence-corrected chi connectivity index (χ4v) is 2.61. The van der Waals surface area contributed by atoms with Crippen molar-refractivity contribution in [2.24, 2.45) is 0 Å². The standard InChI is InChI=1S/C13H9BrN2OS/c1-8-16-12(7-18-8)13(17)11(6-15)9-3-2-4-10(14)5-9/h2-5,7,11H,1H3. The number of aromatic nitrogens is 1. The second-order valence-corrected chi connectivity index (χ2v) is 5.71. The normalized spacial score (nSPS) is 11.8. The molecule has 0 fully saturated rings. The number of thiazole rings is 1. The Morgan fingerprint density at radius 3 is 2.89 bits per heavy atom. The molecular formula is C13H9BrN2OS. The Morgan fingerprint density at radius 2 is 2.33 bits per heavy atom. The van der Waals surface area contributed by atoms with Crippen LogP contribution in [0.2, 0.25) is 0 Å². The van der Waals surface area contributed by atoms with Gasteiger partial charge in [-0.25, -0.2) is 4.98 Å². The third-order valence-electron chi connectivity index (χ3n) is 2.44. The average Bonchev–Trinajstić information content (AvgIpc) is 2.77. The molecule has 0 radical (unpaired) electrons. The third-order valence-corrected chi connectivity index (χ3v) is 3.71. The van der Waals surface area contributed by atoms with Crippen LogP contribution in [0.1, 0.15) is 27.0 Å². The molecule has 2 aromatic rings. The van der Waals surface area contributed by atoms with E-state index in [1.54, 1.807) is 17.5 Å². The SMILES string of the molecule is Cc1nc(C(=O)C(C#N)c2cccc(Br)c2)cs1. The molecule has 0 aliphatic rings. The van der Waals surface area contributed by atoms with Gasteiger partial charge < -0.3 is 0 Å². The van der Waals surface area contributed by atoms with Gasteiger partial charge in [0.25, 0.3) is 0 Å². The molecule has 0 amide bonds. The lowest BCUT2D eigenvalue weighted by atomic mass is 9.95. The van der Waals surface area contributed by atoms with Crippen molar-refractivity contribution in [2.75, 3.05) is 0 Å². The summed E-state index contributed by atoms with van der Waals surface area (Å²) in [6.45, 7) is 1.84. The van der Waals surface area contributed by atoms with Crippen molar-refractivity contribution in [1.29, 1.82) is 5.26 Å². The summed E-state index contributed by atoms with van der Waals surface area (Å²) in [5.41, 5.74) is 1.05. The van der Waals surface area contributed by atoms with Gasteiger partial charge in [0.1, 0.15) is 11.6 Å². The van der Waals surface area contributed by atoms with Crippen LogP contribution in [0.15, 0.2) is 34.1 Å². The lowest BCUT2D eigenvalue weighted by Gasteiger charge is -2.07. The number of benzene rings is 1. The van der Waals surface area contributed by atoms with E-state index in [-0.39, 0.29) is 5.78 Å². The quantitative estimate of drug-likeness (QED) is 0.810. The molecule has 0 bridgehead atoms. The predicted octanol–water partition coefficient (Wildman–Crippen LogP) is 3.70. The van der Waals surface area contributed by atoms with E-state index in [0.717, 1.165) is 9.48 Å². The minimum absolute atomic E-state index is 0.250. The van der Waals surface area contributed by atoms with E-state index in [4.69, 9.17) is 0 Å². The van der Waals surface area contributed by atoms with E-state index in [1.807, 2.05) is 25.1 Å². The maximum Gasteiger partial charge on any atom is 0.203 e. The second-order valence-electron chi connectivity index (χ2n) is 3.73. The fourth-order valence-electron chi connectivity index (χ4n) is 1.60. The molecule has 0 N–H and O–H groups in total. The summed E-state index contributed by atoms with van der Waals surface area (Å²) in [6, 6.07) is 9.27. The van der Waals surface area contributed by atoms with Gasteiger partial charge >= 0.3 is 0 Å². The highest BCUT2D eigenvalue weighted by Gasteiger charge is 2.23. The van der Waals surface area contributed by atoms with Gasteiger partial charge in [0, 0.05) is 9.85 Å². The van der Waals surface area contributed by atoms with Crippen molar-refractivity contribution in [3.8, 4) is 6.07 Å². The lowest BCUT2D eigenvalue weighted by Crippen LogP contribution is -2.11. The fraction of sp³-hybridized carbons (Fsp3) is 0.154. The number of carbonyl (C=O) groups excluding carboxylic acids is 1. The molecule has 1 atom stereocenters. The predicted molar refractivity (Wildman–Crippen MR) is 73.7 cm³/mol. The van der Waals surface area contributed by atoms with Crippen LogP contribution in [0.5, 0.6) is 0 Å². The zero-order chi connectivity index (χ0) is 13.1. The maximum absolute atomic E-state index is 12.2. The van der Waals surface area contributed by atoms with Crippen molar-refractivity contribution in [3.63, 3.8) is 0 Å². The molecule has 1 heterocycles. The molecule has 0 aliphatic carbocycles. The largest absolute Gasteiger partial charge is 0.291 e. The topological polar surface area (TPSA) is 53.8 Å². The Kier molecular flexibility index (Phi) is 3.90. The van der Waals surface area contributed by atoms with Gasteiger partial charge in [-0.1, -0.05) is 28.1 Å². The van der Waals surface area contributed by atoms with Crippen LogP contribution in [-0.4, -0.2) is 10.8 Å². The molecule has 1 aromatic heterocycles. The molecule has 90 valence electrons. The van der Waals surface area contributed by atoms with Crippen molar-refractivity contribution < 1.29 is 4.79 Å². The third kappa shape index (κ3) is 2.66. The van der Waals surface area contributed by atoms with E-state index in [0.29, 0.717) is 11.3 Å². The van der Waals surface area contributed by atoms with E-state index >= 15 is 0 Å². The van der Waals surface area contributed by atoms with Crippen LogP contribution >= 0.6 is 27.3 Å². The summed E-state index contributed by atoms with van der Waals surface area (Å²) in [5, 5.41) is 11.7. The number of hydrogen-bond donors (Lipinski definition) is 0. The van der Waals surface area contributed by atoms with Crippen molar-refractivity contribution in [3.05, 3.63) is 50.4 Å².